The number of hydrogen-bond donors (Lipinski definition) is 6. The predicted molar refractivity (Wildman–Crippen MR) is 411 cm³/mol. The zero-order valence-corrected chi connectivity index (χ0v) is 60.1. The van der Waals surface area contributed by atoms with Gasteiger partial charge in [0.05, 0.1) is 29.0 Å². The third kappa shape index (κ3) is 17.4. The summed E-state index contributed by atoms with van der Waals surface area (Å²) in [5.74, 6) is -1.37. The molecule has 5 saturated heterocycles. The molecule has 5 aromatic heterocycles. The number of aliphatic hydroxyl groups excluding tert-OH is 2. The second-order valence-corrected chi connectivity index (χ2v) is 28.4. The fourth-order valence-electron chi connectivity index (χ4n) is 15.8. The van der Waals surface area contributed by atoms with E-state index >= 15 is 0 Å². The fraction of sp³-hybridized carbons (Fsp3) is 0.603. The zero-order valence-electron chi connectivity index (χ0n) is 60.1. The van der Waals surface area contributed by atoms with Crippen molar-refractivity contribution in [1.29, 1.82) is 0 Å². The van der Waals surface area contributed by atoms with Crippen molar-refractivity contribution in [3.05, 3.63) is 206 Å². The van der Waals surface area contributed by atoms with Crippen LogP contribution in [0.5, 0.6) is 0 Å². The number of halogens is 5. The van der Waals surface area contributed by atoms with Gasteiger partial charge in [0.15, 0.2) is 62.0 Å². The molecule has 0 radical (unpaired) electrons. The topological polar surface area (TPSA) is 379 Å². The lowest BCUT2D eigenvalue weighted by Gasteiger charge is -2.32. The van der Waals surface area contributed by atoms with E-state index < -0.39 is 166 Å². The van der Waals surface area contributed by atoms with Crippen LogP contribution in [0.25, 0.3) is 0 Å². The third-order valence-corrected chi connectivity index (χ3v) is 22.8. The maximum absolute atomic E-state index is 15.0. The van der Waals surface area contributed by atoms with Gasteiger partial charge in [-0.05, 0) is 106 Å². The van der Waals surface area contributed by atoms with Gasteiger partial charge in [0.2, 0.25) is 0 Å². The summed E-state index contributed by atoms with van der Waals surface area (Å²) in [6.45, 7) is 21.8. The lowest BCUT2D eigenvalue weighted by atomic mass is 9.81. The number of H-pyrrole nitrogens is 2. The summed E-state index contributed by atoms with van der Waals surface area (Å²) in [7, 11) is 0. The molecule has 3 saturated carbocycles. The molecule has 33 heteroatoms. The van der Waals surface area contributed by atoms with E-state index in [1.54, 1.807) is 44.2 Å². The average molecular weight is 1570 g/mol. The first kappa shape index (κ1) is 92.7. The largest absolute Gasteiger partial charge is 0.393 e. The van der Waals surface area contributed by atoms with Crippen LogP contribution in [0.3, 0.4) is 0 Å². The number of aliphatic hydroxyl groups is 2. The number of aromatic nitrogens is 10. The van der Waals surface area contributed by atoms with E-state index in [9.17, 15) is 75.3 Å². The number of benzene rings is 1. The van der Waals surface area contributed by atoms with Crippen LogP contribution < -0.4 is 56.6 Å². The zero-order chi connectivity index (χ0) is 77.4. The van der Waals surface area contributed by atoms with Gasteiger partial charge in [-0.3, -0.25) is 52.0 Å². The Bertz CT molecular complexity index is 4580. The number of nitrogens with zero attached hydrogens (tertiary/aromatic N) is 8. The van der Waals surface area contributed by atoms with E-state index in [0.29, 0.717) is 29.2 Å². The highest BCUT2D eigenvalue weighted by Crippen LogP contribution is 2.58. The molecule has 0 unspecified atom stereocenters. The molecular formula is C78H113F5N12O16. The maximum Gasteiger partial charge on any atom is 0.351 e. The maximum atomic E-state index is 15.0. The van der Waals surface area contributed by atoms with Crippen LogP contribution >= 0.6 is 0 Å². The van der Waals surface area contributed by atoms with Gasteiger partial charge in [-0.15, -0.1) is 13.2 Å². The Morgan fingerprint density at radius 2 is 0.838 bits per heavy atom. The van der Waals surface area contributed by atoms with Gasteiger partial charge in [-0.2, -0.15) is 14.5 Å². The van der Waals surface area contributed by atoms with Crippen molar-refractivity contribution in [2.45, 2.75) is 253 Å². The van der Waals surface area contributed by atoms with Crippen molar-refractivity contribution in [3.63, 3.8) is 0 Å². The Hall–Kier alpha value is -8.86. The Kier molecular flexibility index (Phi) is 30.7. The number of rotatable bonds is 16. The molecule has 28 nitrogen and oxygen atoms in total. The minimum Gasteiger partial charge on any atom is -0.393 e. The number of carbonyl (C=O) groups is 1. The normalized spacial score (nSPS) is 32.7. The highest BCUT2D eigenvalue weighted by Gasteiger charge is 2.64. The SMILES string of the molecule is C.C.C.C.C.C=C[C@]1(CC)O[C@@H](n2ccc(=O)[nH]c2=O)[C@H](F)[C@@H]1C.C=C[C@]1(CC)O[C@@H](n2ccc(=O)n(C(=O)c3ccccc3)c2=O)[C@H](F)[C@@H]1C.CC[C@@]1(C2CC2)O[C@@H](n2ccc(=O)[nH]c2=O)[C@H](F)[C@@H]1C.CC[C@@]1(C2CC2)O[C@@H](n2ccc(N)nc2=O)[C@H](F)[C@@H]1C.Nc1ccn([C@@H]2O[C@@](CO)(C3CC3)[C@@H](O)[C@H]2F)c(=O)n1. The van der Waals surface area contributed by atoms with Crippen LogP contribution in [0.4, 0.5) is 33.6 Å². The van der Waals surface area contributed by atoms with Gasteiger partial charge in [0.1, 0.15) is 23.3 Å². The Morgan fingerprint density at radius 1 is 0.495 bits per heavy atom. The third-order valence-electron chi connectivity index (χ3n) is 22.8. The summed E-state index contributed by atoms with van der Waals surface area (Å²) >= 11 is 0. The predicted octanol–water partition coefficient (Wildman–Crippen LogP) is 9.77. The van der Waals surface area contributed by atoms with Crippen molar-refractivity contribution < 1.29 is 60.6 Å². The second kappa shape index (κ2) is 36.7. The van der Waals surface area contributed by atoms with Crippen LogP contribution in [0, 0.1) is 41.4 Å². The molecule has 0 spiro atoms. The Morgan fingerprint density at radius 3 is 1.19 bits per heavy atom. The molecule has 616 valence electrons. The van der Waals surface area contributed by atoms with Gasteiger partial charge < -0.3 is 45.4 Å². The molecule has 10 heterocycles. The number of nitrogen functional groups attached to an aromatic ring is 2. The smallest absolute Gasteiger partial charge is 0.351 e. The van der Waals surface area contributed by atoms with Crippen molar-refractivity contribution in [1.82, 2.24) is 47.3 Å². The molecule has 0 bridgehead atoms. The fourth-order valence-corrected chi connectivity index (χ4v) is 15.8. The summed E-state index contributed by atoms with van der Waals surface area (Å²) in [6, 6.07) is 14.2. The number of anilines is 2. The van der Waals surface area contributed by atoms with Crippen LogP contribution in [-0.4, -0.2) is 135 Å². The molecule has 8 N–H and O–H groups in total. The summed E-state index contributed by atoms with van der Waals surface area (Å²) in [5.41, 5.74) is 1.68. The van der Waals surface area contributed by atoms with Crippen molar-refractivity contribution in [2.24, 2.45) is 41.4 Å². The molecule has 111 heavy (non-hydrogen) atoms. The molecular weight excluding hydrogens is 1460 g/mol. The Balaban J connectivity index is 0.000000247. The molecule has 8 fully saturated rings. The first-order chi connectivity index (χ1) is 50.3. The molecule has 14 rings (SSSR count). The van der Waals surface area contributed by atoms with Gasteiger partial charge >= 0.3 is 28.4 Å². The average Bonchev–Trinajstić information content (AvgIpc) is 1.60. The molecule has 8 aliphatic rings. The Labute approximate surface area is 641 Å². The van der Waals surface area contributed by atoms with Crippen LogP contribution in [0.1, 0.15) is 198 Å². The van der Waals surface area contributed by atoms with Crippen LogP contribution in [-0.2, 0) is 23.7 Å². The molecule has 6 aromatic rings. The number of ether oxygens (including phenoxy) is 5. The number of nitrogens with one attached hydrogen (secondary N) is 2. The lowest BCUT2D eigenvalue weighted by Crippen LogP contribution is -2.47. The number of aromatic amines is 2. The monoisotopic (exact) mass is 1570 g/mol. The molecule has 5 aliphatic heterocycles. The van der Waals surface area contributed by atoms with E-state index in [0.717, 1.165) is 81.9 Å². The van der Waals surface area contributed by atoms with Crippen molar-refractivity contribution in [2.75, 3.05) is 18.1 Å². The first-order valence-corrected chi connectivity index (χ1v) is 35.7. The van der Waals surface area contributed by atoms with Gasteiger partial charge in [0, 0.05) is 78.4 Å². The summed E-state index contributed by atoms with van der Waals surface area (Å²) < 4.78 is 108. The number of alkyl halides is 5. The van der Waals surface area contributed by atoms with E-state index in [1.165, 1.54) is 65.8 Å². The van der Waals surface area contributed by atoms with Gasteiger partial charge in [-0.25, -0.2) is 45.9 Å². The number of carbonyl (C=O) groups excluding carboxylic acids is 1. The quantitative estimate of drug-likeness (QED) is 0.0387. The van der Waals surface area contributed by atoms with Gasteiger partial charge in [-0.1, -0.05) is 123 Å². The second-order valence-electron chi connectivity index (χ2n) is 28.4. The standard InChI is InChI=1S/C20H21FN2O4.C14H20FN3O2.C14H19FN2O3.C13H17FN2O3.C12H16FN3O4.5CH4/c1-4-20(5-2)13(3)16(21)18(27-20)22-12-11-15(24)23(19(22)26)17(25)14-9-7-6-8-10-14;1-3-14(9-4-5-9)8(2)11(15)12(20-14)18-7-6-10(16)17-13(18)19;1-3-14(9-4-5-9)8(2)11(15)12(20-14)17-7-6-10(18)16-13(17)19;1-4-13(5-2)8(3)10(14)11(19-13)16-7-6-9(17)15-12(16)18;13-8-9(18)12(5-17,6-1-2-6)20-10(8)16-4-3-7(14)15-11(16)19;;;;;/h4,6-13,16,18H,1,5H2,2-3H3;6-9,11-12H,3-5H2,1-2H3,(H2,16,17,19);6-9,11-12H,3-5H2,1-2H3,(H,16,18,19);4,6-8,10-11H,1,5H2,2-3H3,(H,15,17,18);3-4,6,8-10,17-18H,1-2,5H2,(H2,14,15,19);5*1H4/t13-,16+,18+,20+;2*8-,11+,12+,14+;8-,10+,11+,13+;8-,9+,10-,12+;;;;;/m00001...../s1. The summed E-state index contributed by atoms with van der Waals surface area (Å²) in [5, 5.41) is 19.6. The highest BCUT2D eigenvalue weighted by atomic mass is 19.2. The number of hydrogen-bond acceptors (Lipinski definition) is 20. The van der Waals surface area contributed by atoms with Crippen molar-refractivity contribution in [3.8, 4) is 0 Å². The van der Waals surface area contributed by atoms with E-state index in [2.05, 4.69) is 33.1 Å². The molecule has 0 amide bonds. The van der Waals surface area contributed by atoms with E-state index in [1.807, 2.05) is 41.5 Å². The first-order valence-electron chi connectivity index (χ1n) is 35.7. The van der Waals surface area contributed by atoms with E-state index in [-0.39, 0.29) is 72.1 Å². The van der Waals surface area contributed by atoms with Crippen LogP contribution in [0.15, 0.2) is 155 Å². The minimum atomic E-state index is -1.81. The minimum absolute atomic E-state index is 0. The van der Waals surface area contributed by atoms with E-state index in [4.69, 9.17) is 35.2 Å². The van der Waals surface area contributed by atoms with Crippen LogP contribution in [0.2, 0.25) is 0 Å². The summed E-state index contributed by atoms with van der Waals surface area (Å²) in [4.78, 5) is 118. The van der Waals surface area contributed by atoms with Gasteiger partial charge in [0.25, 0.3) is 22.6 Å². The molecule has 20 atom stereocenters. The highest BCUT2D eigenvalue weighted by molar-refractivity contribution is 5.95. The molecule has 3 aliphatic carbocycles. The molecule has 1 aromatic carbocycles. The summed E-state index contributed by atoms with van der Waals surface area (Å²) in [6.07, 6.45) is 3.84. The number of nitrogens with two attached hydrogens (primary N) is 2. The van der Waals surface area contributed by atoms with Crippen molar-refractivity contribution >= 4 is 17.5 Å². The lowest BCUT2D eigenvalue weighted by molar-refractivity contribution is -0.141.